The molecule has 0 aromatic heterocycles. The van der Waals surface area contributed by atoms with E-state index in [2.05, 4.69) is 42.5 Å². The number of hydrogen-bond donors (Lipinski definition) is 2. The fourth-order valence-corrected chi connectivity index (χ4v) is 2.71. The lowest BCUT2D eigenvalue weighted by atomic mass is 9.98. The highest BCUT2D eigenvalue weighted by atomic mass is 16.3. The number of benzene rings is 2. The van der Waals surface area contributed by atoms with Crippen LogP contribution in [0.15, 0.2) is 42.5 Å². The quantitative estimate of drug-likeness (QED) is 0.845. The van der Waals surface area contributed by atoms with Gasteiger partial charge in [-0.15, -0.1) is 0 Å². The highest BCUT2D eigenvalue weighted by molar-refractivity contribution is 5.83. The molecule has 2 unspecified atom stereocenters. The van der Waals surface area contributed by atoms with Crippen LogP contribution in [-0.4, -0.2) is 18.3 Å². The average molecular weight is 227 g/mol. The largest absolute Gasteiger partial charge is 0.396 e. The van der Waals surface area contributed by atoms with Gasteiger partial charge >= 0.3 is 0 Å². The number of nitrogens with two attached hydrogens (primary N) is 1. The van der Waals surface area contributed by atoms with Crippen LogP contribution in [0.2, 0.25) is 0 Å². The first kappa shape index (κ1) is 10.8. The summed E-state index contributed by atoms with van der Waals surface area (Å²) >= 11 is 0. The molecule has 0 saturated heterocycles. The van der Waals surface area contributed by atoms with Gasteiger partial charge in [-0.3, -0.25) is 0 Å². The van der Waals surface area contributed by atoms with E-state index in [4.69, 9.17) is 5.73 Å². The number of fused-ring (bicyclic) bond motifs is 1. The maximum atomic E-state index is 9.42. The Bertz CT molecular complexity index is 545. The second-order valence-corrected chi connectivity index (χ2v) is 5.09. The van der Waals surface area contributed by atoms with Crippen molar-refractivity contribution in [2.45, 2.75) is 12.3 Å². The van der Waals surface area contributed by atoms with Gasteiger partial charge in [0.1, 0.15) is 0 Å². The second kappa shape index (κ2) is 3.83. The van der Waals surface area contributed by atoms with Crippen molar-refractivity contribution in [2.75, 3.05) is 13.2 Å². The molecule has 0 aliphatic heterocycles. The lowest BCUT2D eigenvalue weighted by Crippen LogP contribution is -2.21. The Morgan fingerprint density at radius 2 is 1.94 bits per heavy atom. The number of rotatable bonds is 3. The van der Waals surface area contributed by atoms with Crippen molar-refractivity contribution < 1.29 is 5.11 Å². The Hall–Kier alpha value is -1.38. The first-order chi connectivity index (χ1) is 8.29. The Labute approximate surface area is 101 Å². The van der Waals surface area contributed by atoms with E-state index in [1.807, 2.05) is 0 Å². The molecule has 88 valence electrons. The molecule has 2 atom stereocenters. The van der Waals surface area contributed by atoms with Gasteiger partial charge in [-0.1, -0.05) is 42.5 Å². The van der Waals surface area contributed by atoms with Gasteiger partial charge in [0.15, 0.2) is 0 Å². The maximum absolute atomic E-state index is 9.42. The monoisotopic (exact) mass is 227 g/mol. The Morgan fingerprint density at radius 3 is 2.59 bits per heavy atom. The van der Waals surface area contributed by atoms with Gasteiger partial charge < -0.3 is 10.8 Å². The standard InChI is InChI=1S/C15H17NO/c16-9-15(10-17)8-14(15)13-6-5-11-3-1-2-4-12(11)7-13/h1-7,14,17H,8-10,16H2. The predicted molar refractivity (Wildman–Crippen MR) is 69.9 cm³/mol. The molecule has 2 aromatic carbocycles. The van der Waals surface area contributed by atoms with Crippen molar-refractivity contribution in [3.63, 3.8) is 0 Å². The van der Waals surface area contributed by atoms with E-state index in [0.29, 0.717) is 12.5 Å². The van der Waals surface area contributed by atoms with Crippen molar-refractivity contribution in [2.24, 2.45) is 11.1 Å². The molecule has 0 bridgehead atoms. The van der Waals surface area contributed by atoms with Crippen LogP contribution < -0.4 is 5.73 Å². The maximum Gasteiger partial charge on any atom is 0.0505 e. The molecule has 1 saturated carbocycles. The zero-order valence-electron chi connectivity index (χ0n) is 9.76. The molecular formula is C15H17NO. The van der Waals surface area contributed by atoms with Crippen LogP contribution in [0.5, 0.6) is 0 Å². The van der Waals surface area contributed by atoms with E-state index in [-0.39, 0.29) is 12.0 Å². The van der Waals surface area contributed by atoms with Gasteiger partial charge in [-0.2, -0.15) is 0 Å². The van der Waals surface area contributed by atoms with Gasteiger partial charge in [0, 0.05) is 12.0 Å². The van der Waals surface area contributed by atoms with Gasteiger partial charge in [-0.25, -0.2) is 0 Å². The van der Waals surface area contributed by atoms with E-state index in [1.54, 1.807) is 0 Å². The summed E-state index contributed by atoms with van der Waals surface area (Å²) in [6, 6.07) is 14.9. The molecule has 2 aromatic rings. The van der Waals surface area contributed by atoms with Crippen molar-refractivity contribution in [3.05, 3.63) is 48.0 Å². The fourth-order valence-electron chi connectivity index (χ4n) is 2.71. The molecule has 17 heavy (non-hydrogen) atoms. The minimum Gasteiger partial charge on any atom is -0.396 e. The lowest BCUT2D eigenvalue weighted by Gasteiger charge is -2.11. The highest BCUT2D eigenvalue weighted by Crippen LogP contribution is 2.58. The molecule has 2 nitrogen and oxygen atoms in total. The van der Waals surface area contributed by atoms with Crippen LogP contribution in [0.3, 0.4) is 0 Å². The molecule has 2 heteroatoms. The van der Waals surface area contributed by atoms with E-state index >= 15 is 0 Å². The normalized spacial score (nSPS) is 27.3. The third-order valence-electron chi connectivity index (χ3n) is 4.09. The van der Waals surface area contributed by atoms with Crippen LogP contribution in [-0.2, 0) is 0 Å². The topological polar surface area (TPSA) is 46.2 Å². The molecule has 0 spiro atoms. The van der Waals surface area contributed by atoms with Crippen molar-refractivity contribution in [1.29, 1.82) is 0 Å². The molecule has 0 radical (unpaired) electrons. The van der Waals surface area contributed by atoms with E-state index in [9.17, 15) is 5.11 Å². The summed E-state index contributed by atoms with van der Waals surface area (Å²) in [5, 5.41) is 11.9. The summed E-state index contributed by atoms with van der Waals surface area (Å²) in [5.74, 6) is 0.433. The van der Waals surface area contributed by atoms with Crippen molar-refractivity contribution in [3.8, 4) is 0 Å². The van der Waals surface area contributed by atoms with E-state index in [1.165, 1.54) is 16.3 Å². The van der Waals surface area contributed by atoms with E-state index < -0.39 is 0 Å². The van der Waals surface area contributed by atoms with Crippen molar-refractivity contribution in [1.82, 2.24) is 0 Å². The second-order valence-electron chi connectivity index (χ2n) is 5.09. The van der Waals surface area contributed by atoms with Gasteiger partial charge in [0.2, 0.25) is 0 Å². The molecule has 1 fully saturated rings. The number of aliphatic hydroxyl groups is 1. The minimum absolute atomic E-state index is 0.0531. The third-order valence-corrected chi connectivity index (χ3v) is 4.09. The summed E-state index contributed by atoms with van der Waals surface area (Å²) in [7, 11) is 0. The molecule has 0 heterocycles. The minimum atomic E-state index is -0.0531. The van der Waals surface area contributed by atoms with Gasteiger partial charge in [-0.05, 0) is 28.7 Å². The molecule has 3 rings (SSSR count). The van der Waals surface area contributed by atoms with Crippen LogP contribution in [0.4, 0.5) is 0 Å². The predicted octanol–water partition coefficient (Wildman–Crippen LogP) is 2.26. The van der Waals surface area contributed by atoms with E-state index in [0.717, 1.165) is 6.42 Å². The zero-order valence-corrected chi connectivity index (χ0v) is 9.76. The smallest absolute Gasteiger partial charge is 0.0505 e. The van der Waals surface area contributed by atoms with Crippen LogP contribution in [0, 0.1) is 5.41 Å². The molecule has 1 aliphatic carbocycles. The molecule has 0 amide bonds. The zero-order chi connectivity index (χ0) is 11.9. The Balaban J connectivity index is 1.98. The SMILES string of the molecule is NCC1(CO)CC1c1ccc2ccccc2c1. The van der Waals surface area contributed by atoms with Crippen LogP contribution >= 0.6 is 0 Å². The molecule has 1 aliphatic rings. The van der Waals surface area contributed by atoms with Crippen LogP contribution in [0.25, 0.3) is 10.8 Å². The Kier molecular flexibility index (Phi) is 2.42. The van der Waals surface area contributed by atoms with Gasteiger partial charge in [0.05, 0.1) is 6.61 Å². The number of aliphatic hydroxyl groups excluding tert-OH is 1. The van der Waals surface area contributed by atoms with Crippen LogP contribution in [0.1, 0.15) is 17.9 Å². The Morgan fingerprint density at radius 1 is 1.18 bits per heavy atom. The first-order valence-electron chi connectivity index (χ1n) is 6.09. The summed E-state index contributed by atoms with van der Waals surface area (Å²) < 4.78 is 0. The number of hydrogen-bond acceptors (Lipinski definition) is 2. The first-order valence-corrected chi connectivity index (χ1v) is 6.09. The summed E-state index contributed by atoms with van der Waals surface area (Å²) in [6.07, 6.45) is 1.01. The highest BCUT2D eigenvalue weighted by Gasteiger charge is 2.53. The average Bonchev–Trinajstić information content (AvgIpc) is 3.13. The summed E-state index contributed by atoms with van der Waals surface area (Å²) in [4.78, 5) is 0. The molecule has 3 N–H and O–H groups in total. The fraction of sp³-hybridized carbons (Fsp3) is 0.333. The van der Waals surface area contributed by atoms with Crippen molar-refractivity contribution >= 4 is 10.8 Å². The summed E-state index contributed by atoms with van der Waals surface area (Å²) in [6.45, 7) is 0.766. The lowest BCUT2D eigenvalue weighted by molar-refractivity contribution is 0.211. The third kappa shape index (κ3) is 1.65. The molecular weight excluding hydrogens is 210 g/mol. The summed E-state index contributed by atoms with van der Waals surface area (Å²) in [5.41, 5.74) is 7.02. The van der Waals surface area contributed by atoms with Gasteiger partial charge in [0.25, 0.3) is 0 Å².